The van der Waals surface area contributed by atoms with Gasteiger partial charge < -0.3 is 20.7 Å². The fourth-order valence-electron chi connectivity index (χ4n) is 3.51. The zero-order valence-electron chi connectivity index (χ0n) is 16.7. The zero-order chi connectivity index (χ0) is 23.6. The molecule has 0 bridgehead atoms. The first-order chi connectivity index (χ1) is 15.0. The van der Waals surface area contributed by atoms with Crippen molar-refractivity contribution in [1.29, 1.82) is 0 Å². The summed E-state index contributed by atoms with van der Waals surface area (Å²) in [5.41, 5.74) is 3.23. The maximum atomic E-state index is 13.7. The van der Waals surface area contributed by atoms with Gasteiger partial charge in [-0.25, -0.2) is 8.78 Å². The predicted octanol–water partition coefficient (Wildman–Crippen LogP) is 1.59. The number of benzene rings is 1. The van der Waals surface area contributed by atoms with Crippen LogP contribution in [0.4, 0.5) is 33.3 Å². The molecule has 0 spiro atoms. The van der Waals surface area contributed by atoms with Crippen LogP contribution in [0, 0.1) is 0 Å². The van der Waals surface area contributed by atoms with Crippen molar-refractivity contribution < 1.29 is 41.1 Å². The first kappa shape index (κ1) is 23.9. The van der Waals surface area contributed by atoms with E-state index in [1.165, 1.54) is 6.07 Å². The van der Waals surface area contributed by atoms with Gasteiger partial charge in [0.05, 0.1) is 24.4 Å². The van der Waals surface area contributed by atoms with E-state index in [9.17, 15) is 36.3 Å². The van der Waals surface area contributed by atoms with Crippen molar-refractivity contribution in [1.82, 2.24) is 4.90 Å². The van der Waals surface area contributed by atoms with E-state index in [4.69, 9.17) is 10.5 Å². The van der Waals surface area contributed by atoms with Gasteiger partial charge in [-0.3, -0.25) is 19.3 Å². The van der Waals surface area contributed by atoms with Gasteiger partial charge in [0.15, 0.2) is 6.04 Å². The molecule has 2 aliphatic rings. The van der Waals surface area contributed by atoms with Crippen LogP contribution < -0.4 is 16.0 Å². The lowest BCUT2D eigenvalue weighted by Crippen LogP contribution is -2.54. The molecule has 0 unspecified atom stereocenters. The van der Waals surface area contributed by atoms with Crippen molar-refractivity contribution >= 4 is 29.1 Å². The van der Waals surface area contributed by atoms with Crippen LogP contribution >= 0.6 is 0 Å². The van der Waals surface area contributed by atoms with Crippen molar-refractivity contribution in [3.63, 3.8) is 0 Å². The van der Waals surface area contributed by atoms with E-state index in [0.717, 1.165) is 15.9 Å². The monoisotopic (exact) mass is 464 g/mol. The lowest BCUT2D eigenvalue weighted by molar-refractivity contribution is -0.137. The molecule has 2 fully saturated rings. The van der Waals surface area contributed by atoms with E-state index in [1.807, 2.05) is 5.32 Å². The van der Waals surface area contributed by atoms with Crippen LogP contribution in [-0.4, -0.2) is 67.4 Å². The fourth-order valence-corrected chi connectivity index (χ4v) is 3.51. The highest BCUT2D eigenvalue weighted by Crippen LogP contribution is 2.38. The fraction of sp³-hybridized carbons (Fsp3) is 0.526. The summed E-state index contributed by atoms with van der Waals surface area (Å²) in [5.74, 6) is -3.02. The third kappa shape index (κ3) is 5.51. The Bertz CT molecular complexity index is 891. The van der Waals surface area contributed by atoms with E-state index in [1.54, 1.807) is 0 Å². The van der Waals surface area contributed by atoms with Crippen molar-refractivity contribution in [3.8, 4) is 0 Å². The highest BCUT2D eigenvalue weighted by Gasteiger charge is 2.42. The number of halogens is 5. The highest BCUT2D eigenvalue weighted by atomic mass is 19.4. The van der Waals surface area contributed by atoms with Crippen LogP contribution in [0.3, 0.4) is 0 Å². The number of nitrogens with one attached hydrogen (secondary N) is 1. The van der Waals surface area contributed by atoms with Gasteiger partial charge in [-0.05, 0) is 31.0 Å². The minimum Gasteiger partial charge on any atom is -0.370 e. The lowest BCUT2D eigenvalue weighted by Gasteiger charge is -2.29. The maximum absolute atomic E-state index is 13.7. The number of anilines is 2. The summed E-state index contributed by atoms with van der Waals surface area (Å²) < 4.78 is 71.9. The second-order valence-electron chi connectivity index (χ2n) is 7.44. The van der Waals surface area contributed by atoms with Gasteiger partial charge in [0.2, 0.25) is 5.91 Å². The van der Waals surface area contributed by atoms with Crippen LogP contribution in [0.1, 0.15) is 18.4 Å². The first-order valence-electron chi connectivity index (χ1n) is 9.72. The van der Waals surface area contributed by atoms with E-state index < -0.39 is 60.2 Å². The predicted molar refractivity (Wildman–Crippen MR) is 102 cm³/mol. The molecule has 32 heavy (non-hydrogen) atoms. The Morgan fingerprint density at radius 2 is 1.97 bits per heavy atom. The number of amides is 3. The average molecular weight is 464 g/mol. The molecule has 8 nitrogen and oxygen atoms in total. The van der Waals surface area contributed by atoms with Crippen LogP contribution in [0.25, 0.3) is 0 Å². The van der Waals surface area contributed by atoms with Crippen molar-refractivity contribution in [2.45, 2.75) is 37.5 Å². The molecule has 0 radical (unpaired) electrons. The molecule has 1 aromatic rings. The molecule has 1 atom stereocenters. The van der Waals surface area contributed by atoms with Crippen molar-refractivity contribution in [3.05, 3.63) is 23.8 Å². The summed E-state index contributed by atoms with van der Waals surface area (Å²) in [5, 5.41) is 2.00. The van der Waals surface area contributed by atoms with E-state index in [2.05, 4.69) is 0 Å². The quantitative estimate of drug-likeness (QED) is 0.449. The summed E-state index contributed by atoms with van der Waals surface area (Å²) in [6.45, 7) is -1.00. The Kier molecular flexibility index (Phi) is 6.98. The summed E-state index contributed by atoms with van der Waals surface area (Å²) in [4.78, 5) is 38.5. The SMILES string of the molecule is NC(=O)[C@@H](C(=O)Nc1ccc(N2CCOCC2=O)cc1C(F)(F)F)N(CC(F)F)C1CC1. The minimum absolute atomic E-state index is 0.0487. The molecule has 1 aliphatic heterocycles. The number of nitrogens with zero attached hydrogens (tertiary/aromatic N) is 2. The van der Waals surface area contributed by atoms with E-state index >= 15 is 0 Å². The Balaban J connectivity index is 1.89. The normalized spacial score (nSPS) is 18.2. The molecule has 3 amide bonds. The topological polar surface area (TPSA) is 105 Å². The van der Waals surface area contributed by atoms with Gasteiger partial charge >= 0.3 is 6.18 Å². The molecule has 3 rings (SSSR count). The molecule has 1 aromatic carbocycles. The van der Waals surface area contributed by atoms with Gasteiger partial charge in [0, 0.05) is 18.3 Å². The van der Waals surface area contributed by atoms with E-state index in [0.29, 0.717) is 18.9 Å². The molecule has 176 valence electrons. The summed E-state index contributed by atoms with van der Waals surface area (Å²) >= 11 is 0. The zero-order valence-corrected chi connectivity index (χ0v) is 16.7. The number of alkyl halides is 5. The van der Waals surface area contributed by atoms with E-state index in [-0.39, 0.29) is 25.4 Å². The van der Waals surface area contributed by atoms with Crippen LogP contribution in [-0.2, 0) is 25.3 Å². The van der Waals surface area contributed by atoms with Crippen molar-refractivity contribution in [2.75, 3.05) is 36.5 Å². The third-order valence-corrected chi connectivity index (χ3v) is 5.08. The van der Waals surface area contributed by atoms with Gasteiger partial charge in [0.25, 0.3) is 18.2 Å². The standard InChI is InChI=1S/C19H21F5N4O4/c20-14(21)8-28(10-1-2-10)16(17(25)30)18(31)26-13-4-3-11(7-12(13)19(22,23)24)27-5-6-32-9-15(27)29/h3-4,7,10,14,16H,1-2,5-6,8-9H2,(H2,25,30)(H,26,31)/t16-/m0/s1. The highest BCUT2D eigenvalue weighted by molar-refractivity contribution is 6.10. The van der Waals surface area contributed by atoms with Gasteiger partial charge in [-0.15, -0.1) is 0 Å². The Morgan fingerprint density at radius 3 is 2.50 bits per heavy atom. The van der Waals surface area contributed by atoms with Gasteiger partial charge in [-0.1, -0.05) is 0 Å². The average Bonchev–Trinajstić information content (AvgIpc) is 3.52. The van der Waals surface area contributed by atoms with Crippen LogP contribution in [0.2, 0.25) is 0 Å². The molecule has 1 aliphatic carbocycles. The van der Waals surface area contributed by atoms with Crippen LogP contribution in [0.5, 0.6) is 0 Å². The number of primary amides is 1. The summed E-state index contributed by atoms with van der Waals surface area (Å²) in [7, 11) is 0. The third-order valence-electron chi connectivity index (χ3n) is 5.08. The number of rotatable bonds is 8. The molecule has 1 heterocycles. The molecule has 0 aromatic heterocycles. The second-order valence-corrected chi connectivity index (χ2v) is 7.44. The lowest BCUT2D eigenvalue weighted by atomic mass is 10.1. The second kappa shape index (κ2) is 9.36. The molecular weight excluding hydrogens is 443 g/mol. The number of ether oxygens (including phenoxy) is 1. The molecule has 3 N–H and O–H groups in total. The molecule has 1 saturated carbocycles. The first-order valence-corrected chi connectivity index (χ1v) is 9.72. The number of hydrogen-bond acceptors (Lipinski definition) is 5. The number of nitrogens with two attached hydrogens (primary N) is 1. The maximum Gasteiger partial charge on any atom is 0.418 e. The molecule has 1 saturated heterocycles. The van der Waals surface area contributed by atoms with Gasteiger partial charge in [0.1, 0.15) is 6.61 Å². The Labute approximate surface area is 179 Å². The largest absolute Gasteiger partial charge is 0.418 e. The van der Waals surface area contributed by atoms with Crippen LogP contribution in [0.15, 0.2) is 18.2 Å². The summed E-state index contributed by atoms with van der Waals surface area (Å²) in [6.07, 6.45) is -6.88. The number of hydrogen-bond donors (Lipinski definition) is 2. The minimum atomic E-state index is -4.92. The number of carbonyl (C=O) groups is 3. The molecule has 13 heteroatoms. The Morgan fingerprint density at radius 1 is 1.28 bits per heavy atom. The molecular formula is C19H21F5N4O4. The van der Waals surface area contributed by atoms with Gasteiger partial charge in [-0.2, -0.15) is 13.2 Å². The summed E-state index contributed by atoms with van der Waals surface area (Å²) in [6, 6.07) is 0.481. The number of morpholine rings is 1. The number of carbonyl (C=O) groups excluding carboxylic acids is 3. The smallest absolute Gasteiger partial charge is 0.370 e. The Hall–Kier alpha value is -2.80. The van der Waals surface area contributed by atoms with Crippen molar-refractivity contribution in [2.24, 2.45) is 5.73 Å².